The van der Waals surface area contributed by atoms with Crippen LogP contribution in [0, 0.1) is 0 Å². The van der Waals surface area contributed by atoms with Crippen LogP contribution in [0.5, 0.6) is 0 Å². The number of hydrogen-bond donors (Lipinski definition) is 1. The van der Waals surface area contributed by atoms with Gasteiger partial charge in [-0.1, -0.05) is 6.07 Å². The minimum absolute atomic E-state index is 0.0458. The smallest absolute Gasteiger partial charge is 0.410 e. The first-order chi connectivity index (χ1) is 10.6. The van der Waals surface area contributed by atoms with E-state index in [1.54, 1.807) is 23.4 Å². The van der Waals surface area contributed by atoms with Crippen LogP contribution in [0.1, 0.15) is 18.4 Å². The van der Waals surface area contributed by atoms with Crippen LogP contribution >= 0.6 is 0 Å². The summed E-state index contributed by atoms with van der Waals surface area (Å²) < 4.78 is 4.81. The van der Waals surface area contributed by atoms with Crippen molar-refractivity contribution in [3.05, 3.63) is 30.1 Å². The largest absolute Gasteiger partial charge is 0.448 e. The number of likely N-dealkylation sites (tertiary alicyclic amines) is 1. The summed E-state index contributed by atoms with van der Waals surface area (Å²) in [6.07, 6.45) is 3.83. The Morgan fingerprint density at radius 3 is 2.73 bits per heavy atom. The van der Waals surface area contributed by atoms with Crippen LogP contribution in [0.4, 0.5) is 4.79 Å². The van der Waals surface area contributed by atoms with Crippen LogP contribution in [0.25, 0.3) is 0 Å². The molecule has 3 rings (SSSR count). The maximum Gasteiger partial charge on any atom is 0.410 e. The fourth-order valence-corrected chi connectivity index (χ4v) is 2.89. The van der Waals surface area contributed by atoms with E-state index in [2.05, 4.69) is 4.98 Å². The molecule has 0 aliphatic carbocycles. The highest BCUT2D eigenvalue weighted by Crippen LogP contribution is 2.32. The Morgan fingerprint density at radius 1 is 1.36 bits per heavy atom. The van der Waals surface area contributed by atoms with Crippen LogP contribution in [-0.4, -0.2) is 64.7 Å². The van der Waals surface area contributed by atoms with E-state index in [-0.39, 0.29) is 12.5 Å². The number of hydrogen-bond acceptors (Lipinski definition) is 5. The van der Waals surface area contributed by atoms with Gasteiger partial charge in [-0.05, 0) is 18.9 Å². The molecule has 7 heteroatoms. The molecule has 1 aromatic heterocycles. The van der Waals surface area contributed by atoms with E-state index in [1.165, 1.54) is 4.90 Å². The molecule has 118 valence electrons. The van der Waals surface area contributed by atoms with Gasteiger partial charge in [0.25, 0.3) is 0 Å². The van der Waals surface area contributed by atoms with Crippen LogP contribution in [-0.2, 0) is 15.1 Å². The Bertz CT molecular complexity index is 555. The molecule has 7 nitrogen and oxygen atoms in total. The van der Waals surface area contributed by atoms with Gasteiger partial charge in [-0.2, -0.15) is 0 Å². The van der Waals surface area contributed by atoms with Gasteiger partial charge in [-0.3, -0.25) is 14.7 Å². The number of cyclic esters (lactones) is 1. The summed E-state index contributed by atoms with van der Waals surface area (Å²) in [6.45, 7) is 1.77. The van der Waals surface area contributed by atoms with Gasteiger partial charge in [0.2, 0.25) is 5.91 Å². The quantitative estimate of drug-likeness (QED) is 0.871. The molecule has 1 N–H and O–H groups in total. The SMILES string of the molecule is O=C(CN1CCOC1=O)N1CCC(O)(c2cccnc2)CC1. The highest BCUT2D eigenvalue weighted by molar-refractivity contribution is 5.83. The summed E-state index contributed by atoms with van der Waals surface area (Å²) in [6, 6.07) is 3.65. The maximum absolute atomic E-state index is 12.2. The fourth-order valence-electron chi connectivity index (χ4n) is 2.89. The van der Waals surface area contributed by atoms with Gasteiger partial charge in [0.1, 0.15) is 13.2 Å². The summed E-state index contributed by atoms with van der Waals surface area (Å²) in [4.78, 5) is 30.7. The number of amides is 2. The molecule has 2 amide bonds. The van der Waals surface area contributed by atoms with Gasteiger partial charge in [0.05, 0.1) is 12.1 Å². The van der Waals surface area contributed by atoms with Crippen LogP contribution in [0.2, 0.25) is 0 Å². The van der Waals surface area contributed by atoms with Crippen molar-refractivity contribution in [3.63, 3.8) is 0 Å². The van der Waals surface area contributed by atoms with Crippen molar-refractivity contribution in [1.82, 2.24) is 14.8 Å². The highest BCUT2D eigenvalue weighted by Gasteiger charge is 2.36. The van der Waals surface area contributed by atoms with E-state index in [0.29, 0.717) is 39.1 Å². The first-order valence-corrected chi connectivity index (χ1v) is 7.41. The zero-order valence-electron chi connectivity index (χ0n) is 12.3. The number of piperidine rings is 1. The minimum atomic E-state index is -0.933. The first-order valence-electron chi connectivity index (χ1n) is 7.41. The van der Waals surface area contributed by atoms with Gasteiger partial charge >= 0.3 is 6.09 Å². The second-order valence-electron chi connectivity index (χ2n) is 5.69. The van der Waals surface area contributed by atoms with E-state index in [9.17, 15) is 14.7 Å². The molecule has 2 fully saturated rings. The average Bonchev–Trinajstić information content (AvgIpc) is 2.94. The van der Waals surface area contributed by atoms with Crippen molar-refractivity contribution in [3.8, 4) is 0 Å². The lowest BCUT2D eigenvalue weighted by atomic mass is 9.85. The summed E-state index contributed by atoms with van der Waals surface area (Å²) in [7, 11) is 0. The number of ether oxygens (including phenoxy) is 1. The van der Waals surface area contributed by atoms with Crippen molar-refractivity contribution >= 4 is 12.0 Å². The number of rotatable bonds is 3. The molecule has 22 heavy (non-hydrogen) atoms. The zero-order valence-corrected chi connectivity index (χ0v) is 12.3. The Morgan fingerprint density at radius 2 is 2.14 bits per heavy atom. The van der Waals surface area contributed by atoms with E-state index >= 15 is 0 Å². The van der Waals surface area contributed by atoms with Crippen LogP contribution in [0.15, 0.2) is 24.5 Å². The van der Waals surface area contributed by atoms with Crippen molar-refractivity contribution in [2.45, 2.75) is 18.4 Å². The lowest BCUT2D eigenvalue weighted by Gasteiger charge is -2.38. The molecular weight excluding hydrogens is 286 g/mol. The normalized spacial score (nSPS) is 20.9. The molecule has 0 saturated carbocycles. The number of pyridine rings is 1. The van der Waals surface area contributed by atoms with Crippen LogP contribution < -0.4 is 0 Å². The van der Waals surface area contributed by atoms with Gasteiger partial charge in [-0.25, -0.2) is 4.79 Å². The lowest BCUT2D eigenvalue weighted by Crippen LogP contribution is -2.48. The first kappa shape index (κ1) is 14.8. The van der Waals surface area contributed by atoms with Crippen molar-refractivity contribution < 1.29 is 19.4 Å². The zero-order chi connectivity index (χ0) is 15.6. The molecule has 2 saturated heterocycles. The third-order valence-electron chi connectivity index (χ3n) is 4.31. The summed E-state index contributed by atoms with van der Waals surface area (Å²) >= 11 is 0. The molecule has 1 aromatic rings. The molecular formula is C15H19N3O4. The second-order valence-corrected chi connectivity index (χ2v) is 5.69. The third kappa shape index (κ3) is 2.89. The van der Waals surface area contributed by atoms with Crippen LogP contribution in [0.3, 0.4) is 0 Å². The molecule has 3 heterocycles. The summed E-state index contributed by atoms with van der Waals surface area (Å²) in [5.41, 5.74) is -0.150. The summed E-state index contributed by atoms with van der Waals surface area (Å²) in [5, 5.41) is 10.7. The average molecular weight is 305 g/mol. The minimum Gasteiger partial charge on any atom is -0.448 e. The molecule has 0 spiro atoms. The predicted molar refractivity (Wildman–Crippen MR) is 76.9 cm³/mol. The number of nitrogens with zero attached hydrogens (tertiary/aromatic N) is 3. The van der Waals surface area contributed by atoms with Crippen molar-refractivity contribution in [2.75, 3.05) is 32.8 Å². The monoisotopic (exact) mass is 305 g/mol. The Balaban J connectivity index is 1.57. The third-order valence-corrected chi connectivity index (χ3v) is 4.31. The second kappa shape index (κ2) is 5.92. The number of carbonyl (C=O) groups excluding carboxylic acids is 2. The standard InChI is InChI=1S/C15H19N3O4/c19-13(11-18-8-9-22-14(18)20)17-6-3-15(21,4-7-17)12-2-1-5-16-10-12/h1-2,5,10,21H,3-4,6-9,11H2. The van der Waals surface area contributed by atoms with E-state index in [1.807, 2.05) is 6.07 Å². The van der Waals surface area contributed by atoms with Crippen molar-refractivity contribution in [2.24, 2.45) is 0 Å². The molecule has 2 aliphatic heterocycles. The molecule has 0 radical (unpaired) electrons. The van der Waals surface area contributed by atoms with Gasteiger partial charge in [-0.15, -0.1) is 0 Å². The lowest BCUT2D eigenvalue weighted by molar-refractivity contribution is -0.136. The maximum atomic E-state index is 12.2. The Hall–Kier alpha value is -2.15. The molecule has 0 bridgehead atoms. The molecule has 0 atom stereocenters. The van der Waals surface area contributed by atoms with Crippen molar-refractivity contribution in [1.29, 1.82) is 0 Å². The number of carbonyl (C=O) groups is 2. The number of aromatic nitrogens is 1. The van der Waals surface area contributed by atoms with E-state index in [4.69, 9.17) is 4.74 Å². The summed E-state index contributed by atoms with van der Waals surface area (Å²) in [5.74, 6) is -0.105. The Kier molecular flexibility index (Phi) is 3.98. The van der Waals surface area contributed by atoms with Gasteiger partial charge in [0, 0.05) is 31.0 Å². The molecule has 0 aromatic carbocycles. The van der Waals surface area contributed by atoms with E-state index in [0.717, 1.165) is 5.56 Å². The van der Waals surface area contributed by atoms with Gasteiger partial charge in [0.15, 0.2) is 0 Å². The number of aliphatic hydroxyl groups is 1. The Labute approximate surface area is 128 Å². The fraction of sp³-hybridized carbons (Fsp3) is 0.533. The predicted octanol–water partition coefficient (Wildman–Crippen LogP) is 0.344. The molecule has 2 aliphatic rings. The topological polar surface area (TPSA) is 83.0 Å². The molecule has 0 unspecified atom stereocenters. The van der Waals surface area contributed by atoms with Gasteiger partial charge < -0.3 is 14.7 Å². The highest BCUT2D eigenvalue weighted by atomic mass is 16.6. The van der Waals surface area contributed by atoms with E-state index < -0.39 is 11.7 Å².